The zero-order valence-corrected chi connectivity index (χ0v) is 8.97. The van der Waals surface area contributed by atoms with E-state index in [-0.39, 0.29) is 0 Å². The summed E-state index contributed by atoms with van der Waals surface area (Å²) in [5.74, 6) is 0. The predicted octanol–water partition coefficient (Wildman–Crippen LogP) is 1.61. The molecule has 2 fully saturated rings. The van der Waals surface area contributed by atoms with Gasteiger partial charge >= 0.3 is 0 Å². The lowest BCUT2D eigenvalue weighted by Crippen LogP contribution is -2.67. The van der Waals surface area contributed by atoms with Crippen molar-refractivity contribution in [2.75, 3.05) is 19.6 Å². The Morgan fingerprint density at radius 2 is 2.00 bits per heavy atom. The van der Waals surface area contributed by atoms with E-state index in [1.807, 2.05) is 0 Å². The summed E-state index contributed by atoms with van der Waals surface area (Å²) in [4.78, 5) is 2.78. The quantitative estimate of drug-likeness (QED) is 0.713. The van der Waals surface area contributed by atoms with Crippen molar-refractivity contribution in [1.82, 2.24) is 10.2 Å². The number of hydrogen-bond acceptors (Lipinski definition) is 2. The van der Waals surface area contributed by atoms with Crippen molar-refractivity contribution in [2.24, 2.45) is 0 Å². The van der Waals surface area contributed by atoms with Crippen LogP contribution in [0.4, 0.5) is 0 Å². The van der Waals surface area contributed by atoms with E-state index in [4.69, 9.17) is 0 Å². The number of nitrogens with zero attached hydrogens (tertiary/aromatic N) is 1. The monoisotopic (exact) mass is 182 g/mol. The van der Waals surface area contributed by atoms with Crippen LogP contribution in [0.15, 0.2) is 0 Å². The molecule has 0 radical (unpaired) electrons. The molecule has 0 atom stereocenters. The van der Waals surface area contributed by atoms with Crippen LogP contribution in [0.2, 0.25) is 0 Å². The number of hydrogen-bond donors (Lipinski definition) is 1. The highest BCUT2D eigenvalue weighted by Crippen LogP contribution is 2.35. The summed E-state index contributed by atoms with van der Waals surface area (Å²) in [5, 5.41) is 3.44. The molecule has 1 N–H and O–H groups in total. The minimum Gasteiger partial charge on any atom is -0.313 e. The lowest BCUT2D eigenvalue weighted by Gasteiger charge is -2.49. The van der Waals surface area contributed by atoms with Gasteiger partial charge in [-0.2, -0.15) is 0 Å². The van der Waals surface area contributed by atoms with Gasteiger partial charge in [-0.3, -0.25) is 4.90 Å². The second-order valence-electron chi connectivity index (χ2n) is 4.60. The lowest BCUT2D eigenvalue weighted by molar-refractivity contribution is 0.0367. The predicted molar refractivity (Wildman–Crippen MR) is 55.9 cm³/mol. The zero-order chi connectivity index (χ0) is 9.31. The van der Waals surface area contributed by atoms with Gasteiger partial charge in [0.2, 0.25) is 0 Å². The van der Waals surface area contributed by atoms with Crippen LogP contribution < -0.4 is 5.32 Å². The molecule has 13 heavy (non-hydrogen) atoms. The molecule has 2 aliphatic rings. The first-order chi connectivity index (χ1) is 6.32. The van der Waals surface area contributed by atoms with E-state index in [1.165, 1.54) is 45.3 Å². The summed E-state index contributed by atoms with van der Waals surface area (Å²) in [6.45, 7) is 8.47. The van der Waals surface area contributed by atoms with Gasteiger partial charge in [0.05, 0.1) is 0 Å². The minimum atomic E-state index is 0.580. The molecule has 0 aromatic rings. The molecule has 76 valence electrons. The molecule has 2 rings (SSSR count). The Hall–Kier alpha value is -0.0800. The van der Waals surface area contributed by atoms with Gasteiger partial charge in [-0.1, -0.05) is 13.8 Å². The smallest absolute Gasteiger partial charge is 0.0461 e. The maximum atomic E-state index is 3.44. The molecule has 1 spiro atoms. The van der Waals surface area contributed by atoms with Crippen LogP contribution in [0.3, 0.4) is 0 Å². The molecular formula is C11H22N2. The third-order valence-corrected chi connectivity index (χ3v) is 3.94. The average Bonchev–Trinajstić information content (AvgIpc) is 2.50. The molecule has 0 aliphatic carbocycles. The minimum absolute atomic E-state index is 0.580. The van der Waals surface area contributed by atoms with Crippen LogP contribution in [-0.4, -0.2) is 36.1 Å². The average molecular weight is 182 g/mol. The highest BCUT2D eigenvalue weighted by molar-refractivity contribution is 5.07. The highest BCUT2D eigenvalue weighted by atomic mass is 15.3. The molecule has 2 aliphatic heterocycles. The van der Waals surface area contributed by atoms with Crippen LogP contribution in [-0.2, 0) is 0 Å². The van der Waals surface area contributed by atoms with Gasteiger partial charge in [-0.15, -0.1) is 0 Å². The molecule has 0 bridgehead atoms. The van der Waals surface area contributed by atoms with Gasteiger partial charge in [0, 0.05) is 24.7 Å². The van der Waals surface area contributed by atoms with Crippen molar-refractivity contribution in [3.8, 4) is 0 Å². The Kier molecular flexibility index (Phi) is 2.61. The third kappa shape index (κ3) is 1.40. The van der Waals surface area contributed by atoms with Gasteiger partial charge in [0.1, 0.15) is 0 Å². The molecule has 0 amide bonds. The van der Waals surface area contributed by atoms with Gasteiger partial charge in [-0.05, 0) is 32.2 Å². The zero-order valence-electron chi connectivity index (χ0n) is 8.97. The normalized spacial score (nSPS) is 27.0. The Morgan fingerprint density at radius 3 is 2.46 bits per heavy atom. The van der Waals surface area contributed by atoms with Gasteiger partial charge in [-0.25, -0.2) is 0 Å². The summed E-state index contributed by atoms with van der Waals surface area (Å²) < 4.78 is 0. The third-order valence-electron chi connectivity index (χ3n) is 3.94. The summed E-state index contributed by atoms with van der Waals surface area (Å²) in [6.07, 6.45) is 5.48. The van der Waals surface area contributed by atoms with Crippen molar-refractivity contribution < 1.29 is 0 Å². The molecule has 0 unspecified atom stereocenters. The van der Waals surface area contributed by atoms with E-state index in [0.29, 0.717) is 5.54 Å². The molecule has 0 saturated carbocycles. The molecule has 0 aromatic heterocycles. The van der Waals surface area contributed by atoms with Crippen LogP contribution >= 0.6 is 0 Å². The van der Waals surface area contributed by atoms with Crippen LogP contribution in [0.1, 0.15) is 39.5 Å². The van der Waals surface area contributed by atoms with Gasteiger partial charge < -0.3 is 5.32 Å². The first kappa shape index (κ1) is 9.47. The molecule has 2 heterocycles. The van der Waals surface area contributed by atoms with Crippen molar-refractivity contribution >= 4 is 0 Å². The van der Waals surface area contributed by atoms with Crippen LogP contribution in [0, 0.1) is 0 Å². The van der Waals surface area contributed by atoms with E-state index in [1.54, 1.807) is 0 Å². The van der Waals surface area contributed by atoms with E-state index in [0.717, 1.165) is 6.04 Å². The highest BCUT2D eigenvalue weighted by Gasteiger charge is 2.47. The Bertz CT molecular complexity index is 171. The molecule has 2 saturated heterocycles. The van der Waals surface area contributed by atoms with Crippen LogP contribution in [0.5, 0.6) is 0 Å². The van der Waals surface area contributed by atoms with Crippen LogP contribution in [0.25, 0.3) is 0 Å². The van der Waals surface area contributed by atoms with Crippen molar-refractivity contribution in [2.45, 2.75) is 51.1 Å². The Labute approximate surface area is 81.7 Å². The van der Waals surface area contributed by atoms with E-state index >= 15 is 0 Å². The number of nitrogens with one attached hydrogen (secondary N) is 1. The van der Waals surface area contributed by atoms with E-state index in [9.17, 15) is 0 Å². The largest absolute Gasteiger partial charge is 0.313 e. The summed E-state index contributed by atoms with van der Waals surface area (Å²) in [5.41, 5.74) is 0.580. The second-order valence-corrected chi connectivity index (χ2v) is 4.60. The fourth-order valence-corrected chi connectivity index (χ4v) is 3.05. The first-order valence-electron chi connectivity index (χ1n) is 5.80. The maximum Gasteiger partial charge on any atom is 0.0461 e. The second kappa shape index (κ2) is 3.58. The summed E-state index contributed by atoms with van der Waals surface area (Å²) >= 11 is 0. The molecular weight excluding hydrogens is 160 g/mol. The lowest BCUT2D eigenvalue weighted by atomic mass is 9.88. The van der Waals surface area contributed by atoms with E-state index in [2.05, 4.69) is 24.1 Å². The standard InChI is InChI=1S/C11H22N2/c1-3-10(4-2)13-7-5-6-11(13)8-12-9-11/h10,12H,3-9H2,1-2H3. The summed E-state index contributed by atoms with van der Waals surface area (Å²) in [7, 11) is 0. The SMILES string of the molecule is CCC(CC)N1CCCC12CNC2. The molecule has 2 nitrogen and oxygen atoms in total. The maximum absolute atomic E-state index is 3.44. The molecule has 0 aromatic carbocycles. The summed E-state index contributed by atoms with van der Waals surface area (Å²) in [6, 6.07) is 0.838. The fraction of sp³-hybridized carbons (Fsp3) is 1.00. The molecule has 2 heteroatoms. The van der Waals surface area contributed by atoms with Gasteiger partial charge in [0.15, 0.2) is 0 Å². The van der Waals surface area contributed by atoms with Crippen molar-refractivity contribution in [1.29, 1.82) is 0 Å². The van der Waals surface area contributed by atoms with Crippen molar-refractivity contribution in [3.05, 3.63) is 0 Å². The first-order valence-corrected chi connectivity index (χ1v) is 5.80. The van der Waals surface area contributed by atoms with Gasteiger partial charge in [0.25, 0.3) is 0 Å². The number of likely N-dealkylation sites (tertiary alicyclic amines) is 1. The Morgan fingerprint density at radius 1 is 1.31 bits per heavy atom. The topological polar surface area (TPSA) is 15.3 Å². The Balaban J connectivity index is 2.04. The van der Waals surface area contributed by atoms with E-state index < -0.39 is 0 Å². The van der Waals surface area contributed by atoms with Crippen molar-refractivity contribution in [3.63, 3.8) is 0 Å². The number of rotatable bonds is 3. The fourth-order valence-electron chi connectivity index (χ4n) is 3.05.